The lowest BCUT2D eigenvalue weighted by Crippen LogP contribution is -2.18. The predicted molar refractivity (Wildman–Crippen MR) is 74.4 cm³/mol. The molecule has 102 valence electrons. The monoisotopic (exact) mass is 250 g/mol. The Balaban J connectivity index is 1.67. The summed E-state index contributed by atoms with van der Waals surface area (Å²) in [5, 5.41) is 3.51. The minimum Gasteiger partial charge on any atom is -0.468 e. The smallest absolute Gasteiger partial charge is 0.118 e. The molecule has 18 heavy (non-hydrogen) atoms. The molecule has 3 heteroatoms. The van der Waals surface area contributed by atoms with Gasteiger partial charge in [0.25, 0.3) is 0 Å². The van der Waals surface area contributed by atoms with E-state index in [4.69, 9.17) is 4.42 Å². The zero-order valence-electron chi connectivity index (χ0n) is 11.7. The molecular formula is C15H26N2O. The summed E-state index contributed by atoms with van der Waals surface area (Å²) in [6, 6.07) is 2.95. The Labute approximate surface area is 111 Å². The van der Waals surface area contributed by atoms with Gasteiger partial charge in [-0.25, -0.2) is 0 Å². The quantitative estimate of drug-likeness (QED) is 0.682. The Hall–Kier alpha value is -0.800. The second-order valence-corrected chi connectivity index (χ2v) is 5.52. The van der Waals surface area contributed by atoms with E-state index in [0.717, 1.165) is 31.4 Å². The van der Waals surface area contributed by atoms with Crippen molar-refractivity contribution in [3.05, 3.63) is 23.7 Å². The first-order chi connectivity index (χ1) is 8.78. The average Bonchev–Trinajstić information content (AvgIpc) is 3.08. The Morgan fingerprint density at radius 2 is 2.22 bits per heavy atom. The van der Waals surface area contributed by atoms with E-state index in [1.165, 1.54) is 37.7 Å². The van der Waals surface area contributed by atoms with Crippen LogP contribution >= 0.6 is 0 Å². The van der Waals surface area contributed by atoms with E-state index in [9.17, 15) is 0 Å². The summed E-state index contributed by atoms with van der Waals surface area (Å²) in [5.74, 6) is 1.08. The second-order valence-electron chi connectivity index (χ2n) is 5.52. The van der Waals surface area contributed by atoms with Crippen LogP contribution in [0.15, 0.2) is 16.7 Å². The molecule has 0 bridgehead atoms. The summed E-state index contributed by atoms with van der Waals surface area (Å²) in [6.07, 6.45) is 8.45. The van der Waals surface area contributed by atoms with Crippen LogP contribution in [0.4, 0.5) is 0 Å². The Kier molecular flexibility index (Phi) is 5.26. The Morgan fingerprint density at radius 1 is 1.39 bits per heavy atom. The number of furan rings is 1. The van der Waals surface area contributed by atoms with Gasteiger partial charge in [0, 0.05) is 18.2 Å². The van der Waals surface area contributed by atoms with E-state index in [1.807, 2.05) is 6.26 Å². The van der Waals surface area contributed by atoms with Crippen LogP contribution < -0.4 is 5.32 Å². The summed E-state index contributed by atoms with van der Waals surface area (Å²) in [7, 11) is 2.17. The van der Waals surface area contributed by atoms with Gasteiger partial charge < -0.3 is 9.73 Å². The van der Waals surface area contributed by atoms with Crippen LogP contribution in [0.3, 0.4) is 0 Å². The molecule has 1 heterocycles. The molecule has 1 aliphatic carbocycles. The molecule has 0 spiro atoms. The largest absolute Gasteiger partial charge is 0.468 e. The molecular weight excluding hydrogens is 224 g/mol. The lowest BCUT2D eigenvalue weighted by atomic mass is 10.2. The molecule has 1 fully saturated rings. The molecule has 3 nitrogen and oxygen atoms in total. The molecule has 1 aromatic rings. The zero-order valence-corrected chi connectivity index (χ0v) is 11.7. The van der Waals surface area contributed by atoms with Gasteiger partial charge in [0.1, 0.15) is 5.76 Å². The zero-order chi connectivity index (χ0) is 12.8. The van der Waals surface area contributed by atoms with E-state index in [2.05, 4.69) is 30.3 Å². The third kappa shape index (κ3) is 4.83. The molecule has 1 N–H and O–H groups in total. The third-order valence-corrected chi connectivity index (χ3v) is 3.45. The first-order valence-electron chi connectivity index (χ1n) is 7.26. The van der Waals surface area contributed by atoms with Crippen molar-refractivity contribution >= 4 is 0 Å². The molecule has 0 radical (unpaired) electrons. The summed E-state index contributed by atoms with van der Waals surface area (Å²) < 4.78 is 5.61. The minimum atomic E-state index is 0.764. The van der Waals surface area contributed by atoms with Gasteiger partial charge in [-0.15, -0.1) is 0 Å². The fourth-order valence-electron chi connectivity index (χ4n) is 2.13. The van der Waals surface area contributed by atoms with E-state index in [-0.39, 0.29) is 0 Å². The van der Waals surface area contributed by atoms with Crippen molar-refractivity contribution < 1.29 is 4.42 Å². The fraction of sp³-hybridized carbons (Fsp3) is 0.733. The molecule has 0 unspecified atom stereocenters. The van der Waals surface area contributed by atoms with Gasteiger partial charge in [-0.3, -0.25) is 4.90 Å². The molecule has 2 rings (SSSR count). The van der Waals surface area contributed by atoms with Crippen molar-refractivity contribution in [2.24, 2.45) is 0 Å². The molecule has 1 saturated carbocycles. The molecule has 0 atom stereocenters. The molecule has 0 aromatic carbocycles. The van der Waals surface area contributed by atoms with E-state index in [0.29, 0.717) is 0 Å². The van der Waals surface area contributed by atoms with Crippen LogP contribution in [-0.4, -0.2) is 24.5 Å². The van der Waals surface area contributed by atoms with Gasteiger partial charge in [-0.05, 0) is 38.9 Å². The molecule has 0 amide bonds. The van der Waals surface area contributed by atoms with Crippen molar-refractivity contribution in [2.75, 3.05) is 13.6 Å². The van der Waals surface area contributed by atoms with Crippen molar-refractivity contribution in [3.63, 3.8) is 0 Å². The highest BCUT2D eigenvalue weighted by molar-refractivity contribution is 5.13. The van der Waals surface area contributed by atoms with Crippen molar-refractivity contribution in [1.82, 2.24) is 10.2 Å². The summed E-state index contributed by atoms with van der Waals surface area (Å²) in [6.45, 7) is 5.27. The normalized spacial score (nSPS) is 15.5. The van der Waals surface area contributed by atoms with Gasteiger partial charge in [-0.2, -0.15) is 0 Å². The highest BCUT2D eigenvalue weighted by atomic mass is 16.3. The van der Waals surface area contributed by atoms with Crippen molar-refractivity contribution in [2.45, 2.75) is 58.2 Å². The van der Waals surface area contributed by atoms with Crippen LogP contribution in [0.25, 0.3) is 0 Å². The van der Waals surface area contributed by atoms with E-state index < -0.39 is 0 Å². The third-order valence-electron chi connectivity index (χ3n) is 3.45. The Bertz CT molecular complexity index is 344. The number of nitrogens with one attached hydrogen (secondary N) is 1. The maximum atomic E-state index is 5.61. The van der Waals surface area contributed by atoms with E-state index in [1.54, 1.807) is 0 Å². The highest BCUT2D eigenvalue weighted by Crippen LogP contribution is 2.19. The lowest BCUT2D eigenvalue weighted by Gasteiger charge is -2.14. The summed E-state index contributed by atoms with van der Waals surface area (Å²) in [5.41, 5.74) is 1.28. The number of hydrogen-bond acceptors (Lipinski definition) is 3. The standard InChI is InChI=1S/C15H26N2O/c1-3-4-5-8-17(2)11-15-9-13(12-18-15)10-16-14-6-7-14/h9,12,14,16H,3-8,10-11H2,1-2H3. The summed E-state index contributed by atoms with van der Waals surface area (Å²) in [4.78, 5) is 2.34. The van der Waals surface area contributed by atoms with E-state index >= 15 is 0 Å². The summed E-state index contributed by atoms with van der Waals surface area (Å²) >= 11 is 0. The number of rotatable bonds is 9. The number of unbranched alkanes of at least 4 members (excludes halogenated alkanes) is 2. The number of hydrogen-bond donors (Lipinski definition) is 1. The number of nitrogens with zero attached hydrogens (tertiary/aromatic N) is 1. The van der Waals surface area contributed by atoms with Gasteiger partial charge in [0.15, 0.2) is 0 Å². The lowest BCUT2D eigenvalue weighted by molar-refractivity contribution is 0.289. The van der Waals surface area contributed by atoms with Crippen LogP contribution in [0, 0.1) is 0 Å². The first kappa shape index (κ1) is 13.6. The van der Waals surface area contributed by atoms with Crippen molar-refractivity contribution in [3.8, 4) is 0 Å². The second kappa shape index (κ2) is 6.95. The van der Waals surface area contributed by atoms with Crippen LogP contribution in [0.2, 0.25) is 0 Å². The SMILES string of the molecule is CCCCCN(C)Cc1cc(CNC2CC2)co1. The molecule has 1 aromatic heterocycles. The molecule has 1 aliphatic rings. The average molecular weight is 250 g/mol. The highest BCUT2D eigenvalue weighted by Gasteiger charge is 2.20. The Morgan fingerprint density at radius 3 is 2.94 bits per heavy atom. The van der Waals surface area contributed by atoms with Gasteiger partial charge in [0.05, 0.1) is 12.8 Å². The van der Waals surface area contributed by atoms with Crippen LogP contribution in [-0.2, 0) is 13.1 Å². The predicted octanol–water partition coefficient (Wildman–Crippen LogP) is 3.15. The van der Waals surface area contributed by atoms with Crippen LogP contribution in [0.1, 0.15) is 50.4 Å². The topological polar surface area (TPSA) is 28.4 Å². The maximum Gasteiger partial charge on any atom is 0.118 e. The fourth-order valence-corrected chi connectivity index (χ4v) is 2.13. The van der Waals surface area contributed by atoms with Gasteiger partial charge >= 0.3 is 0 Å². The maximum absolute atomic E-state index is 5.61. The van der Waals surface area contributed by atoms with Crippen LogP contribution in [0.5, 0.6) is 0 Å². The molecule has 0 aliphatic heterocycles. The minimum absolute atomic E-state index is 0.764. The van der Waals surface area contributed by atoms with Gasteiger partial charge in [0.2, 0.25) is 0 Å². The first-order valence-corrected chi connectivity index (χ1v) is 7.26. The molecule has 0 saturated heterocycles. The van der Waals surface area contributed by atoms with Gasteiger partial charge in [-0.1, -0.05) is 19.8 Å². The van der Waals surface area contributed by atoms with Crippen molar-refractivity contribution in [1.29, 1.82) is 0 Å².